The highest BCUT2D eigenvalue weighted by atomic mass is 16.3. The number of ketones is 3. The molecular formula is C22H26O5. The number of aliphatic hydroxyl groups is 1. The first-order chi connectivity index (χ1) is 12.6. The lowest BCUT2D eigenvalue weighted by atomic mass is 9.45. The molecule has 3 fully saturated rings. The predicted octanol–water partition coefficient (Wildman–Crippen LogP) is 2.22. The fourth-order valence-corrected chi connectivity index (χ4v) is 6.96. The molecule has 0 spiro atoms. The molecule has 0 heterocycles. The molecule has 0 unspecified atom stereocenters. The van der Waals surface area contributed by atoms with Crippen LogP contribution in [0.1, 0.15) is 46.5 Å². The van der Waals surface area contributed by atoms with Crippen molar-refractivity contribution < 1.29 is 24.3 Å². The monoisotopic (exact) mass is 370 g/mol. The normalized spacial score (nSPS) is 48.4. The summed E-state index contributed by atoms with van der Waals surface area (Å²) < 4.78 is 0. The summed E-state index contributed by atoms with van der Waals surface area (Å²) in [5.74, 6) is -0.894. The first kappa shape index (κ1) is 18.5. The van der Waals surface area contributed by atoms with Gasteiger partial charge in [0.05, 0.1) is 0 Å². The van der Waals surface area contributed by atoms with E-state index in [-0.39, 0.29) is 54.4 Å². The van der Waals surface area contributed by atoms with Crippen molar-refractivity contribution in [2.24, 2.45) is 34.5 Å². The van der Waals surface area contributed by atoms with E-state index in [9.17, 15) is 24.3 Å². The topological polar surface area (TPSA) is 88.5 Å². The summed E-state index contributed by atoms with van der Waals surface area (Å²) in [5.41, 5.74) is -2.14. The molecule has 144 valence electrons. The number of carbonyl (C=O) groups is 4. The molecule has 0 aromatic rings. The second-order valence-electron chi connectivity index (χ2n) is 9.44. The highest BCUT2D eigenvalue weighted by Gasteiger charge is 2.68. The van der Waals surface area contributed by atoms with Gasteiger partial charge in [-0.15, -0.1) is 0 Å². The quantitative estimate of drug-likeness (QED) is 0.595. The van der Waals surface area contributed by atoms with Crippen LogP contribution in [0.25, 0.3) is 0 Å². The molecular weight excluding hydrogens is 344 g/mol. The molecule has 0 saturated heterocycles. The maximum atomic E-state index is 13.4. The summed E-state index contributed by atoms with van der Waals surface area (Å²) in [6.45, 7) is 5.92. The van der Waals surface area contributed by atoms with Crippen molar-refractivity contribution in [3.8, 4) is 0 Å². The average Bonchev–Trinajstić information content (AvgIpc) is 2.87. The fraction of sp³-hybridized carbons (Fsp3) is 0.636. The number of aldehydes is 1. The Balaban J connectivity index is 1.80. The third-order valence-corrected chi connectivity index (χ3v) is 8.24. The first-order valence-corrected chi connectivity index (χ1v) is 9.78. The molecule has 3 saturated carbocycles. The van der Waals surface area contributed by atoms with E-state index < -0.39 is 22.2 Å². The number of hydrogen-bond acceptors (Lipinski definition) is 5. The second kappa shape index (κ2) is 5.57. The van der Waals surface area contributed by atoms with Gasteiger partial charge in [0.1, 0.15) is 11.4 Å². The number of Topliss-reactive ketones (excluding diaryl/α,β-unsaturated/α-hetero) is 2. The molecule has 7 atom stereocenters. The summed E-state index contributed by atoms with van der Waals surface area (Å²) in [5, 5.41) is 11.1. The van der Waals surface area contributed by atoms with Gasteiger partial charge in [0, 0.05) is 23.2 Å². The minimum atomic E-state index is -1.75. The lowest BCUT2D eigenvalue weighted by molar-refractivity contribution is -0.168. The number of carbonyl (C=O) groups excluding carboxylic acids is 4. The molecule has 5 nitrogen and oxygen atoms in total. The fourth-order valence-electron chi connectivity index (χ4n) is 6.96. The maximum Gasteiger partial charge on any atom is 0.227 e. The van der Waals surface area contributed by atoms with Crippen LogP contribution in [0.2, 0.25) is 0 Å². The molecule has 0 radical (unpaired) electrons. The Hall–Kier alpha value is -1.88. The standard InChI is InChI=1S/C22H26O5/c1-12-8-14-15-5-7-22(27,18(26)11-23)21(15,3)10-17(25)19(14)20(2)6-4-13(24)9-16(12)20/h4,6,9,11-12,14-15,19,27H,5,7-8,10H2,1-3H3/t12-,14+,15-,19+,20+,21+,22-/m1/s1. The van der Waals surface area contributed by atoms with Crippen LogP contribution in [0.3, 0.4) is 0 Å². The van der Waals surface area contributed by atoms with E-state index in [1.165, 1.54) is 0 Å². The van der Waals surface area contributed by atoms with E-state index in [1.54, 1.807) is 19.1 Å². The molecule has 4 aliphatic rings. The van der Waals surface area contributed by atoms with Gasteiger partial charge in [-0.25, -0.2) is 0 Å². The Kier molecular flexibility index (Phi) is 3.81. The molecule has 0 bridgehead atoms. The largest absolute Gasteiger partial charge is 0.381 e. The van der Waals surface area contributed by atoms with Crippen molar-refractivity contribution in [2.45, 2.75) is 52.1 Å². The number of allylic oxidation sites excluding steroid dienone is 4. The van der Waals surface area contributed by atoms with E-state index in [0.29, 0.717) is 6.42 Å². The molecule has 0 amide bonds. The van der Waals surface area contributed by atoms with Crippen LogP contribution in [0, 0.1) is 34.5 Å². The van der Waals surface area contributed by atoms with Crippen molar-refractivity contribution in [3.63, 3.8) is 0 Å². The molecule has 5 heteroatoms. The van der Waals surface area contributed by atoms with Gasteiger partial charge >= 0.3 is 0 Å². The van der Waals surface area contributed by atoms with E-state index in [2.05, 4.69) is 6.92 Å². The van der Waals surface area contributed by atoms with Crippen molar-refractivity contribution >= 4 is 23.6 Å². The van der Waals surface area contributed by atoms with Gasteiger partial charge in [-0.05, 0) is 49.2 Å². The van der Waals surface area contributed by atoms with Gasteiger partial charge in [-0.2, -0.15) is 0 Å². The highest BCUT2D eigenvalue weighted by Crippen LogP contribution is 2.66. The molecule has 1 N–H and O–H groups in total. The SMILES string of the molecule is C[C@@H]1C[C@@H]2[C@@H](C(=O)C[C@@]3(C)[C@@H]2CC[C@@]3(O)C(=O)C=O)[C@@]2(C)C=CC(=O)C=C12. The lowest BCUT2D eigenvalue weighted by Gasteiger charge is -2.58. The van der Waals surface area contributed by atoms with Crippen molar-refractivity contribution in [1.29, 1.82) is 0 Å². The van der Waals surface area contributed by atoms with Crippen molar-refractivity contribution in [2.75, 3.05) is 0 Å². The van der Waals surface area contributed by atoms with E-state index in [0.717, 1.165) is 12.0 Å². The van der Waals surface area contributed by atoms with E-state index in [1.807, 2.05) is 13.0 Å². The van der Waals surface area contributed by atoms with Crippen LogP contribution < -0.4 is 0 Å². The summed E-state index contributed by atoms with van der Waals surface area (Å²) in [6.07, 6.45) is 7.03. The molecule has 27 heavy (non-hydrogen) atoms. The first-order valence-electron chi connectivity index (χ1n) is 9.78. The second-order valence-corrected chi connectivity index (χ2v) is 9.44. The number of fused-ring (bicyclic) bond motifs is 5. The van der Waals surface area contributed by atoms with Gasteiger partial charge in [0.25, 0.3) is 0 Å². The third-order valence-electron chi connectivity index (χ3n) is 8.24. The Labute approximate surface area is 158 Å². The maximum absolute atomic E-state index is 13.4. The van der Waals surface area contributed by atoms with Gasteiger partial charge in [-0.3, -0.25) is 19.2 Å². The smallest absolute Gasteiger partial charge is 0.227 e. The van der Waals surface area contributed by atoms with Gasteiger partial charge in [-0.1, -0.05) is 32.4 Å². The Bertz CT molecular complexity index is 823. The van der Waals surface area contributed by atoms with E-state index >= 15 is 0 Å². The summed E-state index contributed by atoms with van der Waals surface area (Å²) in [6, 6.07) is 0. The van der Waals surface area contributed by atoms with Crippen LogP contribution in [0.15, 0.2) is 23.8 Å². The third kappa shape index (κ3) is 2.15. The molecule has 0 aromatic carbocycles. The zero-order valence-electron chi connectivity index (χ0n) is 16.0. The Morgan fingerprint density at radius 1 is 1.30 bits per heavy atom. The van der Waals surface area contributed by atoms with Crippen molar-refractivity contribution in [1.82, 2.24) is 0 Å². The van der Waals surface area contributed by atoms with Gasteiger partial charge < -0.3 is 5.11 Å². The van der Waals surface area contributed by atoms with Crippen LogP contribution >= 0.6 is 0 Å². The molecule has 0 aliphatic heterocycles. The average molecular weight is 370 g/mol. The molecule has 4 aliphatic carbocycles. The summed E-state index contributed by atoms with van der Waals surface area (Å²) >= 11 is 0. The van der Waals surface area contributed by atoms with Gasteiger partial charge in [0.15, 0.2) is 12.1 Å². The van der Waals surface area contributed by atoms with Crippen LogP contribution in [-0.2, 0) is 19.2 Å². The molecule has 4 rings (SSSR count). The van der Waals surface area contributed by atoms with Crippen LogP contribution in [0.4, 0.5) is 0 Å². The minimum Gasteiger partial charge on any atom is -0.381 e. The Morgan fingerprint density at radius 3 is 2.67 bits per heavy atom. The highest BCUT2D eigenvalue weighted by molar-refractivity contribution is 6.29. The summed E-state index contributed by atoms with van der Waals surface area (Å²) in [4.78, 5) is 48.7. The Morgan fingerprint density at radius 2 is 2.00 bits per heavy atom. The lowest BCUT2D eigenvalue weighted by Crippen LogP contribution is -2.61. The number of hydrogen-bond donors (Lipinski definition) is 1. The van der Waals surface area contributed by atoms with E-state index in [4.69, 9.17) is 0 Å². The minimum absolute atomic E-state index is 0.000882. The number of rotatable bonds is 2. The zero-order valence-corrected chi connectivity index (χ0v) is 16.0. The predicted molar refractivity (Wildman–Crippen MR) is 97.6 cm³/mol. The zero-order chi connectivity index (χ0) is 19.8. The molecule has 0 aromatic heterocycles. The van der Waals surface area contributed by atoms with Gasteiger partial charge in [0.2, 0.25) is 5.78 Å². The van der Waals surface area contributed by atoms with Crippen LogP contribution in [0.5, 0.6) is 0 Å². The summed E-state index contributed by atoms with van der Waals surface area (Å²) in [7, 11) is 0. The van der Waals surface area contributed by atoms with Crippen molar-refractivity contribution in [3.05, 3.63) is 23.8 Å². The van der Waals surface area contributed by atoms with Crippen LogP contribution in [-0.4, -0.2) is 34.3 Å².